The first kappa shape index (κ1) is 17.0. The molecule has 25 heavy (non-hydrogen) atoms. The predicted octanol–water partition coefficient (Wildman–Crippen LogP) is 1.44. The summed E-state index contributed by atoms with van der Waals surface area (Å²) in [5.74, 6) is -2.53. The normalized spacial score (nSPS) is 11.6. The molecule has 12 heteroatoms. The molecule has 0 saturated carbocycles. The van der Waals surface area contributed by atoms with Crippen molar-refractivity contribution in [1.82, 2.24) is 19.6 Å². The summed E-state index contributed by atoms with van der Waals surface area (Å²) in [4.78, 5) is 18.8. The van der Waals surface area contributed by atoms with Crippen molar-refractivity contribution in [1.29, 1.82) is 0 Å². The lowest BCUT2D eigenvalue weighted by atomic mass is 10.1. The molecule has 0 aliphatic carbocycles. The zero-order valence-corrected chi connectivity index (χ0v) is 14.0. The standard InChI is InChI=1S/C13H9ClFN5O4S/c1-19(10-8(11(21)22)3-2-4-9(10)15)25(23,24)13-17-12-16-5-7(14)6-20(12)18-13/h2-6H,1H3,(H,21,22). The van der Waals surface area contributed by atoms with E-state index in [-0.39, 0.29) is 10.8 Å². The zero-order valence-electron chi connectivity index (χ0n) is 12.5. The first-order valence-electron chi connectivity index (χ1n) is 6.60. The number of aromatic carboxylic acids is 1. The fraction of sp³-hybridized carbons (Fsp3) is 0.0769. The topological polar surface area (TPSA) is 118 Å². The van der Waals surface area contributed by atoms with E-state index in [4.69, 9.17) is 11.6 Å². The monoisotopic (exact) mass is 385 g/mol. The van der Waals surface area contributed by atoms with Crippen LogP contribution >= 0.6 is 11.6 Å². The summed E-state index contributed by atoms with van der Waals surface area (Å²) in [6, 6.07) is 3.20. The van der Waals surface area contributed by atoms with E-state index in [1.807, 2.05) is 0 Å². The number of carbonyl (C=O) groups is 1. The van der Waals surface area contributed by atoms with Gasteiger partial charge in [0.25, 0.3) is 10.9 Å². The van der Waals surface area contributed by atoms with E-state index < -0.39 is 38.2 Å². The number of aromatic nitrogens is 4. The quantitative estimate of drug-likeness (QED) is 0.721. The Morgan fingerprint density at radius 3 is 2.80 bits per heavy atom. The highest BCUT2D eigenvalue weighted by molar-refractivity contribution is 7.92. The Morgan fingerprint density at radius 2 is 2.12 bits per heavy atom. The van der Waals surface area contributed by atoms with Gasteiger partial charge in [-0.15, -0.1) is 5.10 Å². The van der Waals surface area contributed by atoms with Crippen LogP contribution in [0.4, 0.5) is 10.1 Å². The fourth-order valence-corrected chi connectivity index (χ4v) is 3.30. The molecule has 0 unspecified atom stereocenters. The first-order chi connectivity index (χ1) is 11.7. The number of carboxylic acid groups (broad SMARTS) is 1. The Morgan fingerprint density at radius 1 is 1.40 bits per heavy atom. The number of rotatable bonds is 4. The van der Waals surface area contributed by atoms with Gasteiger partial charge in [0.2, 0.25) is 0 Å². The molecule has 0 bridgehead atoms. The molecule has 1 N–H and O–H groups in total. The van der Waals surface area contributed by atoms with E-state index >= 15 is 0 Å². The van der Waals surface area contributed by atoms with Gasteiger partial charge in [0.15, 0.2) is 0 Å². The summed E-state index contributed by atoms with van der Waals surface area (Å²) in [5.41, 5.74) is -1.14. The van der Waals surface area contributed by atoms with Crippen LogP contribution in [-0.2, 0) is 10.0 Å². The molecule has 2 heterocycles. The highest BCUT2D eigenvalue weighted by Gasteiger charge is 2.31. The summed E-state index contributed by atoms with van der Waals surface area (Å²) in [7, 11) is -3.44. The largest absolute Gasteiger partial charge is 0.478 e. The minimum absolute atomic E-state index is 0.0385. The van der Waals surface area contributed by atoms with E-state index in [1.165, 1.54) is 12.4 Å². The number of fused-ring (bicyclic) bond motifs is 1. The maximum Gasteiger partial charge on any atom is 0.337 e. The third-order valence-electron chi connectivity index (χ3n) is 3.27. The van der Waals surface area contributed by atoms with Crippen LogP contribution in [-0.4, -0.2) is 46.1 Å². The van der Waals surface area contributed by atoms with Crippen molar-refractivity contribution in [2.75, 3.05) is 11.4 Å². The predicted molar refractivity (Wildman–Crippen MR) is 84.7 cm³/mol. The van der Waals surface area contributed by atoms with Gasteiger partial charge in [-0.05, 0) is 12.1 Å². The summed E-state index contributed by atoms with van der Waals surface area (Å²) in [6.07, 6.45) is 2.55. The molecule has 2 aromatic heterocycles. The maximum absolute atomic E-state index is 14.1. The van der Waals surface area contributed by atoms with E-state index in [2.05, 4.69) is 15.1 Å². The number of para-hydroxylation sites is 1. The van der Waals surface area contributed by atoms with E-state index in [0.29, 0.717) is 4.31 Å². The van der Waals surface area contributed by atoms with Gasteiger partial charge in [-0.2, -0.15) is 13.4 Å². The molecular weight excluding hydrogens is 377 g/mol. The lowest BCUT2D eigenvalue weighted by Crippen LogP contribution is -2.30. The molecule has 0 radical (unpaired) electrons. The van der Waals surface area contributed by atoms with Crippen LogP contribution in [0.1, 0.15) is 10.4 Å². The van der Waals surface area contributed by atoms with Crippen LogP contribution < -0.4 is 4.31 Å². The molecule has 0 fully saturated rings. The Balaban J connectivity index is 2.15. The lowest BCUT2D eigenvalue weighted by Gasteiger charge is -2.19. The molecule has 1 aromatic carbocycles. The smallest absolute Gasteiger partial charge is 0.337 e. The number of nitrogens with zero attached hydrogens (tertiary/aromatic N) is 5. The number of anilines is 1. The number of sulfonamides is 1. The van der Waals surface area contributed by atoms with Crippen molar-refractivity contribution in [3.8, 4) is 0 Å². The minimum atomic E-state index is -4.44. The van der Waals surface area contributed by atoms with Gasteiger partial charge in [0.1, 0.15) is 11.5 Å². The maximum atomic E-state index is 14.1. The number of hydrogen-bond donors (Lipinski definition) is 1. The zero-order chi connectivity index (χ0) is 18.4. The Hall–Kier alpha value is -2.79. The number of halogens is 2. The summed E-state index contributed by atoms with van der Waals surface area (Å²) in [6.45, 7) is 0. The van der Waals surface area contributed by atoms with Gasteiger partial charge in [-0.3, -0.25) is 4.31 Å². The van der Waals surface area contributed by atoms with Crippen LogP contribution in [0.2, 0.25) is 5.02 Å². The average Bonchev–Trinajstić information content (AvgIpc) is 2.97. The van der Waals surface area contributed by atoms with Crippen LogP contribution in [0.25, 0.3) is 5.78 Å². The van der Waals surface area contributed by atoms with Gasteiger partial charge in [0, 0.05) is 7.05 Å². The Bertz CT molecular complexity index is 1100. The number of carboxylic acids is 1. The molecule has 0 spiro atoms. The van der Waals surface area contributed by atoms with E-state index in [9.17, 15) is 22.7 Å². The number of hydrogen-bond acceptors (Lipinski definition) is 6. The van der Waals surface area contributed by atoms with Gasteiger partial charge < -0.3 is 5.11 Å². The molecule has 3 aromatic rings. The second-order valence-electron chi connectivity index (χ2n) is 4.82. The highest BCUT2D eigenvalue weighted by Crippen LogP contribution is 2.28. The molecular formula is C13H9ClFN5O4S. The molecule has 0 amide bonds. The third-order valence-corrected chi connectivity index (χ3v) is 5.00. The van der Waals surface area contributed by atoms with Crippen LogP contribution in [0, 0.1) is 5.82 Å². The molecule has 130 valence electrons. The highest BCUT2D eigenvalue weighted by atomic mass is 35.5. The van der Waals surface area contributed by atoms with Gasteiger partial charge >= 0.3 is 16.0 Å². The second-order valence-corrected chi connectivity index (χ2v) is 7.12. The van der Waals surface area contributed by atoms with Crippen molar-refractivity contribution in [2.45, 2.75) is 5.16 Å². The minimum Gasteiger partial charge on any atom is -0.478 e. The summed E-state index contributed by atoms with van der Waals surface area (Å²) >= 11 is 5.75. The van der Waals surface area contributed by atoms with E-state index in [0.717, 1.165) is 29.8 Å². The molecule has 0 atom stereocenters. The summed E-state index contributed by atoms with van der Waals surface area (Å²) in [5, 5.41) is 12.5. The van der Waals surface area contributed by atoms with Crippen molar-refractivity contribution >= 4 is 39.1 Å². The van der Waals surface area contributed by atoms with Crippen LogP contribution in [0.15, 0.2) is 35.7 Å². The number of benzene rings is 1. The van der Waals surface area contributed by atoms with Crippen LogP contribution in [0.5, 0.6) is 0 Å². The van der Waals surface area contributed by atoms with Crippen molar-refractivity contribution < 1.29 is 22.7 Å². The van der Waals surface area contributed by atoms with Gasteiger partial charge in [-0.1, -0.05) is 17.7 Å². The Kier molecular flexibility index (Phi) is 4.05. The fourth-order valence-electron chi connectivity index (χ4n) is 2.10. The van der Waals surface area contributed by atoms with Crippen molar-refractivity contribution in [3.63, 3.8) is 0 Å². The SMILES string of the molecule is CN(c1c(F)cccc1C(=O)O)S(=O)(=O)c1nc2ncc(Cl)cn2n1. The summed E-state index contributed by atoms with van der Waals surface area (Å²) < 4.78 is 41.0. The van der Waals surface area contributed by atoms with Crippen LogP contribution in [0.3, 0.4) is 0 Å². The van der Waals surface area contributed by atoms with E-state index in [1.54, 1.807) is 0 Å². The van der Waals surface area contributed by atoms with Crippen molar-refractivity contribution in [3.05, 3.63) is 47.0 Å². The molecule has 0 aliphatic heterocycles. The van der Waals surface area contributed by atoms with Gasteiger partial charge in [-0.25, -0.2) is 18.7 Å². The Labute approximate surface area is 145 Å². The molecule has 0 aliphatic rings. The average molecular weight is 386 g/mol. The van der Waals surface area contributed by atoms with Gasteiger partial charge in [0.05, 0.1) is 23.0 Å². The lowest BCUT2D eigenvalue weighted by molar-refractivity contribution is 0.0697. The molecule has 0 saturated heterocycles. The third kappa shape index (κ3) is 2.87. The first-order valence-corrected chi connectivity index (χ1v) is 8.42. The molecule has 3 rings (SSSR count). The molecule has 9 nitrogen and oxygen atoms in total. The van der Waals surface area contributed by atoms with Crippen molar-refractivity contribution in [2.24, 2.45) is 0 Å². The second kappa shape index (κ2) is 5.93.